The van der Waals surface area contributed by atoms with Gasteiger partial charge >= 0.3 is 0 Å². The van der Waals surface area contributed by atoms with E-state index in [0.29, 0.717) is 17.5 Å². The molecule has 382 valence electrons. The van der Waals surface area contributed by atoms with Gasteiger partial charge in [-0.25, -0.2) is 15.0 Å². The van der Waals surface area contributed by atoms with Crippen molar-refractivity contribution < 1.29 is 0 Å². The molecule has 0 aliphatic rings. The van der Waals surface area contributed by atoms with Gasteiger partial charge in [-0.1, -0.05) is 166 Å². The molecule has 0 saturated carbocycles. The van der Waals surface area contributed by atoms with Crippen LogP contribution >= 0.6 is 0 Å². The Balaban J connectivity index is 1.27. The van der Waals surface area contributed by atoms with Crippen LogP contribution in [-0.2, 0) is 21.7 Å². The lowest BCUT2D eigenvalue weighted by Gasteiger charge is -2.26. The molecule has 0 saturated heterocycles. The summed E-state index contributed by atoms with van der Waals surface area (Å²) in [5.41, 5.74) is 21.2. The van der Waals surface area contributed by atoms with Gasteiger partial charge in [0.2, 0.25) is 0 Å². The van der Waals surface area contributed by atoms with Crippen LogP contribution in [0.25, 0.3) is 100 Å². The van der Waals surface area contributed by atoms with Crippen LogP contribution in [0, 0.1) is 27.7 Å². The maximum absolute atomic E-state index is 5.71. The Morgan fingerprint density at radius 2 is 0.618 bits per heavy atom. The summed E-state index contributed by atoms with van der Waals surface area (Å²) in [4.78, 5) is 17.0. The predicted octanol–water partition coefficient (Wildman–Crippen LogP) is 19.2. The molecule has 5 nitrogen and oxygen atoms in total. The van der Waals surface area contributed by atoms with E-state index in [9.17, 15) is 0 Å². The Kier molecular flexibility index (Phi) is 12.0. The van der Waals surface area contributed by atoms with Gasteiger partial charge in [-0.05, 0) is 168 Å². The van der Waals surface area contributed by atoms with E-state index in [1.54, 1.807) is 0 Å². The highest BCUT2D eigenvalue weighted by Crippen LogP contribution is 2.43. The molecule has 0 atom stereocenters. The molecule has 0 bridgehead atoms. The van der Waals surface area contributed by atoms with E-state index in [0.717, 1.165) is 50.2 Å². The van der Waals surface area contributed by atoms with Crippen LogP contribution in [0.15, 0.2) is 152 Å². The molecule has 11 rings (SSSR count). The van der Waals surface area contributed by atoms with Crippen molar-refractivity contribution in [2.45, 2.75) is 132 Å². The summed E-state index contributed by atoms with van der Waals surface area (Å²) < 4.78 is 4.89. The fraction of sp³-hybridized carbons (Fsp3) is 0.282. The van der Waals surface area contributed by atoms with E-state index in [-0.39, 0.29) is 21.7 Å². The first-order valence-corrected chi connectivity index (χ1v) is 27.2. The number of hydrogen-bond donors (Lipinski definition) is 0. The third kappa shape index (κ3) is 9.12. The van der Waals surface area contributed by atoms with Crippen molar-refractivity contribution in [1.82, 2.24) is 24.1 Å². The number of aromatic nitrogens is 5. The average Bonchev–Trinajstić information content (AvgIpc) is 3.89. The minimum Gasteiger partial charge on any atom is -0.309 e. The Hall–Kier alpha value is -7.63. The molecule has 3 heterocycles. The molecule has 76 heavy (non-hydrogen) atoms. The molecule has 3 aromatic heterocycles. The topological polar surface area (TPSA) is 48.5 Å². The minimum absolute atomic E-state index is 0.118. The predicted molar refractivity (Wildman–Crippen MR) is 324 cm³/mol. The first-order valence-electron chi connectivity index (χ1n) is 27.2. The zero-order valence-corrected chi connectivity index (χ0v) is 47.7. The van der Waals surface area contributed by atoms with Crippen molar-refractivity contribution in [3.63, 3.8) is 0 Å². The van der Waals surface area contributed by atoms with Crippen molar-refractivity contribution in [2.24, 2.45) is 0 Å². The SMILES string of the molecule is Cc1ccc2c(c1)c1cc(C)ccc1n2-c1ccccc1-c1ccc(-n2c3ccc(C)cc3c3cc(C)ccc32)c(-c2nc(-c3cc(C(C)(C)C)cc(C(C)(C)C)c3)nc(-c3cc(C(C)(C)C)cc(C(C)(C)C)c3)n2)c1. The maximum Gasteiger partial charge on any atom is 0.166 e. The highest BCUT2D eigenvalue weighted by Gasteiger charge is 2.27. The first kappa shape index (κ1) is 50.5. The van der Waals surface area contributed by atoms with E-state index in [1.807, 2.05) is 0 Å². The molecule has 0 spiro atoms. The van der Waals surface area contributed by atoms with Crippen molar-refractivity contribution in [2.75, 3.05) is 0 Å². The van der Waals surface area contributed by atoms with Crippen LogP contribution < -0.4 is 0 Å². The van der Waals surface area contributed by atoms with Crippen LogP contribution in [0.5, 0.6) is 0 Å². The summed E-state index contributed by atoms with van der Waals surface area (Å²) in [6.07, 6.45) is 0. The molecule has 0 aliphatic carbocycles. The number of hydrogen-bond acceptors (Lipinski definition) is 3. The van der Waals surface area contributed by atoms with Gasteiger partial charge in [0.05, 0.1) is 33.4 Å². The molecular formula is C71H73N5. The summed E-state index contributed by atoms with van der Waals surface area (Å²) in [6, 6.07) is 57.2. The van der Waals surface area contributed by atoms with Gasteiger partial charge in [-0.15, -0.1) is 0 Å². The van der Waals surface area contributed by atoms with Crippen LogP contribution in [-0.4, -0.2) is 24.1 Å². The second-order valence-corrected chi connectivity index (χ2v) is 25.9. The highest BCUT2D eigenvalue weighted by molar-refractivity contribution is 6.11. The summed E-state index contributed by atoms with van der Waals surface area (Å²) >= 11 is 0. The van der Waals surface area contributed by atoms with E-state index in [4.69, 9.17) is 15.0 Å². The normalized spacial score (nSPS) is 12.7. The number of aryl methyl sites for hydroxylation is 4. The quantitative estimate of drug-likeness (QED) is 0.167. The zero-order valence-electron chi connectivity index (χ0n) is 47.7. The van der Waals surface area contributed by atoms with Gasteiger partial charge in [-0.3, -0.25) is 0 Å². The van der Waals surface area contributed by atoms with Crippen molar-refractivity contribution >= 4 is 43.6 Å². The third-order valence-electron chi connectivity index (χ3n) is 15.6. The number of benzene rings is 8. The van der Waals surface area contributed by atoms with Gasteiger partial charge in [0, 0.05) is 43.8 Å². The molecule has 5 heteroatoms. The van der Waals surface area contributed by atoms with Crippen molar-refractivity contribution in [3.8, 4) is 56.7 Å². The van der Waals surface area contributed by atoms with E-state index >= 15 is 0 Å². The Morgan fingerprint density at radius 3 is 0.974 bits per heavy atom. The number of rotatable bonds is 6. The van der Waals surface area contributed by atoms with E-state index < -0.39 is 0 Å². The monoisotopic (exact) mass is 996 g/mol. The molecule has 8 aromatic carbocycles. The lowest BCUT2D eigenvalue weighted by molar-refractivity contribution is 0.568. The molecule has 0 N–H and O–H groups in total. The summed E-state index contributed by atoms with van der Waals surface area (Å²) in [6.45, 7) is 36.2. The van der Waals surface area contributed by atoms with Gasteiger partial charge in [0.25, 0.3) is 0 Å². The number of fused-ring (bicyclic) bond motifs is 6. The van der Waals surface area contributed by atoms with Crippen LogP contribution in [0.1, 0.15) is 128 Å². The summed E-state index contributed by atoms with van der Waals surface area (Å²) in [7, 11) is 0. The summed E-state index contributed by atoms with van der Waals surface area (Å²) in [5, 5.41) is 4.94. The fourth-order valence-electron chi connectivity index (χ4n) is 11.0. The maximum atomic E-state index is 5.71. The number of nitrogens with zero attached hydrogens (tertiary/aromatic N) is 5. The van der Waals surface area contributed by atoms with Gasteiger partial charge in [0.1, 0.15) is 0 Å². The van der Waals surface area contributed by atoms with Crippen molar-refractivity contribution in [1.29, 1.82) is 0 Å². The zero-order chi connectivity index (χ0) is 54.0. The lowest BCUT2D eigenvalue weighted by Crippen LogP contribution is -2.17. The first-order chi connectivity index (χ1) is 35.8. The molecule has 0 radical (unpaired) electrons. The second-order valence-electron chi connectivity index (χ2n) is 25.9. The molecule has 0 unspecified atom stereocenters. The highest BCUT2D eigenvalue weighted by atomic mass is 15.1. The van der Waals surface area contributed by atoms with Crippen molar-refractivity contribution in [3.05, 3.63) is 196 Å². The molecule has 0 amide bonds. The summed E-state index contributed by atoms with van der Waals surface area (Å²) in [5.74, 6) is 1.91. The van der Waals surface area contributed by atoms with Crippen LogP contribution in [0.3, 0.4) is 0 Å². The van der Waals surface area contributed by atoms with Gasteiger partial charge < -0.3 is 9.13 Å². The largest absolute Gasteiger partial charge is 0.309 e. The van der Waals surface area contributed by atoms with E-state index in [1.165, 1.54) is 77.1 Å². The second kappa shape index (κ2) is 18.0. The Labute approximate surface area is 450 Å². The third-order valence-corrected chi connectivity index (χ3v) is 15.6. The molecular weight excluding hydrogens is 923 g/mol. The fourth-order valence-corrected chi connectivity index (χ4v) is 11.0. The van der Waals surface area contributed by atoms with Crippen LogP contribution in [0.4, 0.5) is 0 Å². The Morgan fingerprint density at radius 1 is 0.289 bits per heavy atom. The Bertz CT molecular complexity index is 3850. The average molecular weight is 996 g/mol. The van der Waals surface area contributed by atoms with Gasteiger partial charge in [-0.2, -0.15) is 0 Å². The molecule has 11 aromatic rings. The smallest absolute Gasteiger partial charge is 0.166 e. The lowest BCUT2D eigenvalue weighted by atomic mass is 9.79. The molecule has 0 aliphatic heterocycles. The van der Waals surface area contributed by atoms with Gasteiger partial charge in [0.15, 0.2) is 17.5 Å². The standard InChI is InChI=1S/C71H73N5/c1-42-21-26-60-54(31-42)55-32-43(2)22-27-61(55)75(60)59-20-18-17-19-53(59)46-25-30-64(76-62-28-23-44(3)33-56(62)57-34-45(4)24-29-63(57)76)58(39-46)67-73-65(47-35-49(68(5,6)7)40-50(36-47)69(8,9)10)72-66(74-67)48-37-51(70(11,12)13)41-52(38-48)71(14,15)16/h17-41H,1-16H3. The minimum atomic E-state index is -0.118. The molecule has 0 fully saturated rings. The van der Waals surface area contributed by atoms with E-state index in [2.05, 4.69) is 272 Å². The van der Waals surface area contributed by atoms with Crippen LogP contribution in [0.2, 0.25) is 0 Å². The number of para-hydroxylation sites is 1.